The summed E-state index contributed by atoms with van der Waals surface area (Å²) in [5.74, 6) is 1.11. The Labute approximate surface area is 120 Å². The Balaban J connectivity index is 1.98. The highest BCUT2D eigenvalue weighted by Gasteiger charge is 2.23. The van der Waals surface area contributed by atoms with Crippen molar-refractivity contribution in [1.29, 1.82) is 0 Å². The van der Waals surface area contributed by atoms with Gasteiger partial charge in [-0.2, -0.15) is 0 Å². The van der Waals surface area contributed by atoms with Crippen molar-refractivity contribution in [2.45, 2.75) is 32.2 Å². The predicted octanol–water partition coefficient (Wildman–Crippen LogP) is 2.26. The first-order chi connectivity index (χ1) is 9.74. The van der Waals surface area contributed by atoms with Crippen LogP contribution in [0.4, 0.5) is 0 Å². The molecule has 1 aliphatic heterocycles. The molecule has 4 heteroatoms. The van der Waals surface area contributed by atoms with Gasteiger partial charge in [0.2, 0.25) is 5.91 Å². The summed E-state index contributed by atoms with van der Waals surface area (Å²) in [6.45, 7) is 3.92. The number of rotatable bonds is 5. The van der Waals surface area contributed by atoms with E-state index in [1.807, 2.05) is 24.3 Å². The number of carbonyl (C=O) groups excluding carboxylic acids is 1. The van der Waals surface area contributed by atoms with Gasteiger partial charge in [-0.25, -0.2) is 0 Å². The third kappa shape index (κ3) is 3.73. The smallest absolute Gasteiger partial charge is 0.224 e. The Morgan fingerprint density at radius 1 is 1.45 bits per heavy atom. The van der Waals surface area contributed by atoms with Gasteiger partial charge in [-0.1, -0.05) is 19.1 Å². The maximum Gasteiger partial charge on any atom is 0.224 e. The minimum absolute atomic E-state index is 0.0790. The predicted molar refractivity (Wildman–Crippen MR) is 79.8 cm³/mol. The zero-order valence-corrected chi connectivity index (χ0v) is 12.3. The number of hydrogen-bond acceptors (Lipinski definition) is 3. The molecule has 1 aliphatic rings. The van der Waals surface area contributed by atoms with Gasteiger partial charge in [0, 0.05) is 6.54 Å². The molecule has 0 bridgehead atoms. The third-order valence-electron chi connectivity index (χ3n) is 3.91. The molecule has 1 heterocycles. The molecule has 1 aromatic carbocycles. The summed E-state index contributed by atoms with van der Waals surface area (Å²) >= 11 is 0. The Bertz CT molecular complexity index is 425. The van der Waals surface area contributed by atoms with E-state index in [2.05, 4.69) is 17.6 Å². The van der Waals surface area contributed by atoms with Crippen LogP contribution < -0.4 is 15.4 Å². The molecule has 110 valence electrons. The van der Waals surface area contributed by atoms with Crippen LogP contribution in [0.25, 0.3) is 0 Å². The maximum absolute atomic E-state index is 12.3. The maximum atomic E-state index is 12.3. The molecule has 0 aliphatic carbocycles. The molecule has 0 aromatic heterocycles. The normalized spacial score (nSPS) is 20.2. The highest BCUT2D eigenvalue weighted by atomic mass is 16.5. The number of hydrogen-bond donors (Lipinski definition) is 2. The number of nitrogens with one attached hydrogen (secondary N) is 2. The molecular weight excluding hydrogens is 252 g/mol. The lowest BCUT2D eigenvalue weighted by molar-refractivity contribution is -0.126. The highest BCUT2D eigenvalue weighted by Crippen LogP contribution is 2.21. The summed E-state index contributed by atoms with van der Waals surface area (Å²) in [5, 5.41) is 6.45. The molecule has 0 radical (unpaired) electrons. The van der Waals surface area contributed by atoms with Gasteiger partial charge in [0.1, 0.15) is 5.75 Å². The molecule has 2 rings (SSSR count). The van der Waals surface area contributed by atoms with E-state index in [1.54, 1.807) is 7.11 Å². The number of amides is 1. The van der Waals surface area contributed by atoms with Crippen LogP contribution in [-0.2, 0) is 4.79 Å². The summed E-state index contributed by atoms with van der Waals surface area (Å²) in [4.78, 5) is 12.3. The van der Waals surface area contributed by atoms with Crippen LogP contribution in [0, 0.1) is 5.92 Å². The average Bonchev–Trinajstić information content (AvgIpc) is 2.53. The van der Waals surface area contributed by atoms with Crippen LogP contribution in [0.2, 0.25) is 0 Å². The largest absolute Gasteiger partial charge is 0.497 e. The minimum atomic E-state index is 0.0790. The fraction of sp³-hybridized carbons (Fsp3) is 0.562. The number of ether oxygens (including phenoxy) is 1. The zero-order chi connectivity index (χ0) is 14.4. The summed E-state index contributed by atoms with van der Waals surface area (Å²) in [6, 6.07) is 7.99. The van der Waals surface area contributed by atoms with Gasteiger partial charge < -0.3 is 15.4 Å². The molecule has 0 spiro atoms. The van der Waals surface area contributed by atoms with E-state index in [1.165, 1.54) is 0 Å². The van der Waals surface area contributed by atoms with Crippen molar-refractivity contribution in [2.24, 2.45) is 5.92 Å². The highest BCUT2D eigenvalue weighted by molar-refractivity contribution is 5.79. The minimum Gasteiger partial charge on any atom is -0.497 e. The molecule has 1 aromatic rings. The molecular formula is C16H24N2O2. The molecule has 1 saturated heterocycles. The van der Waals surface area contributed by atoms with Crippen LogP contribution in [-0.4, -0.2) is 26.1 Å². The van der Waals surface area contributed by atoms with Crippen LogP contribution in [0.1, 0.15) is 37.8 Å². The van der Waals surface area contributed by atoms with Gasteiger partial charge in [0.05, 0.1) is 19.1 Å². The van der Waals surface area contributed by atoms with Gasteiger partial charge >= 0.3 is 0 Å². The topological polar surface area (TPSA) is 50.4 Å². The number of methoxy groups -OCH3 is 1. The van der Waals surface area contributed by atoms with Crippen LogP contribution in [0.5, 0.6) is 5.75 Å². The lowest BCUT2D eigenvalue weighted by Crippen LogP contribution is -2.41. The summed E-state index contributed by atoms with van der Waals surface area (Å²) in [6.07, 6.45) is 2.95. The van der Waals surface area contributed by atoms with Gasteiger partial charge in [0.15, 0.2) is 0 Å². The van der Waals surface area contributed by atoms with Crippen LogP contribution in [0.3, 0.4) is 0 Å². The van der Waals surface area contributed by atoms with E-state index < -0.39 is 0 Å². The SMILES string of the molecule is CCC(NC(=O)[C@H]1CCCNC1)c1ccc(OC)cc1. The van der Waals surface area contributed by atoms with Crippen molar-refractivity contribution in [3.63, 3.8) is 0 Å². The van der Waals surface area contributed by atoms with Crippen molar-refractivity contribution < 1.29 is 9.53 Å². The van der Waals surface area contributed by atoms with E-state index in [0.29, 0.717) is 0 Å². The second-order valence-corrected chi connectivity index (χ2v) is 5.29. The molecule has 2 atom stereocenters. The zero-order valence-electron chi connectivity index (χ0n) is 12.3. The van der Waals surface area contributed by atoms with Crippen molar-refractivity contribution in [3.8, 4) is 5.75 Å². The Morgan fingerprint density at radius 3 is 2.75 bits per heavy atom. The quantitative estimate of drug-likeness (QED) is 0.867. The van der Waals surface area contributed by atoms with Crippen LogP contribution >= 0.6 is 0 Å². The summed E-state index contributed by atoms with van der Waals surface area (Å²) in [5.41, 5.74) is 1.13. The molecule has 1 amide bonds. The van der Waals surface area contributed by atoms with Gasteiger partial charge in [-0.3, -0.25) is 4.79 Å². The first-order valence-electron chi connectivity index (χ1n) is 7.39. The Morgan fingerprint density at radius 2 is 2.20 bits per heavy atom. The molecule has 20 heavy (non-hydrogen) atoms. The second-order valence-electron chi connectivity index (χ2n) is 5.29. The number of piperidine rings is 1. The summed E-state index contributed by atoms with van der Waals surface area (Å²) < 4.78 is 5.16. The van der Waals surface area contributed by atoms with Crippen molar-refractivity contribution in [3.05, 3.63) is 29.8 Å². The van der Waals surface area contributed by atoms with Gasteiger partial charge in [0.25, 0.3) is 0 Å². The Hall–Kier alpha value is -1.55. The second kappa shape index (κ2) is 7.29. The van der Waals surface area contributed by atoms with Crippen molar-refractivity contribution in [1.82, 2.24) is 10.6 Å². The fourth-order valence-electron chi connectivity index (χ4n) is 2.62. The van der Waals surface area contributed by atoms with Gasteiger partial charge in [-0.05, 0) is 43.5 Å². The van der Waals surface area contributed by atoms with E-state index >= 15 is 0 Å². The first-order valence-corrected chi connectivity index (χ1v) is 7.39. The average molecular weight is 276 g/mol. The van der Waals surface area contributed by atoms with E-state index in [0.717, 1.165) is 43.7 Å². The Kier molecular flexibility index (Phi) is 5.41. The van der Waals surface area contributed by atoms with Crippen LogP contribution in [0.15, 0.2) is 24.3 Å². The lowest BCUT2D eigenvalue weighted by atomic mass is 9.97. The fourth-order valence-corrected chi connectivity index (χ4v) is 2.62. The van der Waals surface area contributed by atoms with Crippen molar-refractivity contribution in [2.75, 3.05) is 20.2 Å². The van der Waals surface area contributed by atoms with E-state index in [9.17, 15) is 4.79 Å². The monoisotopic (exact) mass is 276 g/mol. The lowest BCUT2D eigenvalue weighted by Gasteiger charge is -2.25. The molecule has 4 nitrogen and oxygen atoms in total. The summed E-state index contributed by atoms with van der Waals surface area (Å²) in [7, 11) is 1.66. The molecule has 1 unspecified atom stereocenters. The molecule has 0 saturated carbocycles. The third-order valence-corrected chi connectivity index (χ3v) is 3.91. The molecule has 1 fully saturated rings. The number of benzene rings is 1. The molecule has 2 N–H and O–H groups in total. The standard InChI is InChI=1S/C16H24N2O2/c1-3-15(12-6-8-14(20-2)9-7-12)18-16(19)13-5-4-10-17-11-13/h6-9,13,15,17H,3-5,10-11H2,1-2H3,(H,18,19)/t13-,15?/m0/s1. The number of carbonyl (C=O) groups is 1. The first kappa shape index (κ1) is 14.9. The van der Waals surface area contributed by atoms with E-state index in [4.69, 9.17) is 4.74 Å². The van der Waals surface area contributed by atoms with Crippen molar-refractivity contribution >= 4 is 5.91 Å². The van der Waals surface area contributed by atoms with E-state index in [-0.39, 0.29) is 17.9 Å². The van der Waals surface area contributed by atoms with Gasteiger partial charge in [-0.15, -0.1) is 0 Å².